The summed E-state index contributed by atoms with van der Waals surface area (Å²) in [6.07, 6.45) is 0. The molecule has 0 aliphatic carbocycles. The number of nitriles is 1. The normalized spacial score (nSPS) is 23.1. The van der Waals surface area contributed by atoms with Gasteiger partial charge in [-0.3, -0.25) is 9.48 Å². The molecule has 1 aliphatic rings. The van der Waals surface area contributed by atoms with Crippen molar-refractivity contribution in [3.63, 3.8) is 0 Å². The van der Waals surface area contributed by atoms with Crippen molar-refractivity contribution in [1.29, 1.82) is 5.26 Å². The third-order valence-corrected chi connectivity index (χ3v) is 3.53. The summed E-state index contributed by atoms with van der Waals surface area (Å²) in [6.45, 7) is 4.79. The van der Waals surface area contributed by atoms with Crippen LogP contribution in [-0.2, 0) is 11.8 Å². The van der Waals surface area contributed by atoms with Crippen molar-refractivity contribution in [2.45, 2.75) is 13.8 Å². The van der Waals surface area contributed by atoms with Crippen LogP contribution in [0.5, 0.6) is 0 Å². The molecule has 2 atom stereocenters. The molecule has 2 rings (SSSR count). The van der Waals surface area contributed by atoms with Crippen molar-refractivity contribution in [3.8, 4) is 6.07 Å². The molecule has 1 N–H and O–H groups in total. The quantitative estimate of drug-likeness (QED) is 0.835. The maximum Gasteiger partial charge on any atom is 0.308 e. The molecule has 0 bridgehead atoms. The fourth-order valence-corrected chi connectivity index (χ4v) is 2.60. The molecule has 0 aromatic carbocycles. The third kappa shape index (κ3) is 1.82. The number of rotatable bonds is 2. The largest absolute Gasteiger partial charge is 0.481 e. The molecule has 2 heterocycles. The van der Waals surface area contributed by atoms with Gasteiger partial charge in [-0.2, -0.15) is 10.4 Å². The summed E-state index contributed by atoms with van der Waals surface area (Å²) in [5.41, 5.74) is 1.22. The van der Waals surface area contributed by atoms with Crippen LogP contribution in [0.25, 0.3) is 0 Å². The smallest absolute Gasteiger partial charge is 0.308 e. The first-order valence-corrected chi connectivity index (χ1v) is 5.87. The molecule has 6 nitrogen and oxygen atoms in total. The fraction of sp³-hybridized carbons (Fsp3) is 0.583. The highest BCUT2D eigenvalue weighted by molar-refractivity contribution is 5.73. The van der Waals surface area contributed by atoms with Gasteiger partial charge in [0, 0.05) is 20.1 Å². The van der Waals surface area contributed by atoms with Gasteiger partial charge in [-0.1, -0.05) is 6.92 Å². The number of anilines is 1. The van der Waals surface area contributed by atoms with Crippen LogP contribution in [0.15, 0.2) is 0 Å². The van der Waals surface area contributed by atoms with E-state index in [0.717, 1.165) is 5.82 Å². The number of aromatic nitrogens is 2. The van der Waals surface area contributed by atoms with Gasteiger partial charge in [0.2, 0.25) is 0 Å². The SMILES string of the molecule is Cc1nn(C)c(N2C[C@@H](C)[C@H](C(=O)O)C2)c1C#N. The van der Waals surface area contributed by atoms with Crippen LogP contribution in [0.1, 0.15) is 18.2 Å². The minimum Gasteiger partial charge on any atom is -0.481 e. The van der Waals surface area contributed by atoms with Gasteiger partial charge in [-0.05, 0) is 12.8 Å². The summed E-state index contributed by atoms with van der Waals surface area (Å²) in [6, 6.07) is 2.15. The summed E-state index contributed by atoms with van der Waals surface area (Å²) < 4.78 is 1.66. The predicted molar refractivity (Wildman–Crippen MR) is 65.2 cm³/mol. The number of carbonyl (C=O) groups is 1. The summed E-state index contributed by atoms with van der Waals surface area (Å²) in [7, 11) is 1.78. The minimum absolute atomic E-state index is 0.0734. The topological polar surface area (TPSA) is 82.2 Å². The third-order valence-electron chi connectivity index (χ3n) is 3.53. The van der Waals surface area contributed by atoms with Crippen LogP contribution in [-0.4, -0.2) is 33.9 Å². The summed E-state index contributed by atoms with van der Waals surface area (Å²) >= 11 is 0. The van der Waals surface area contributed by atoms with E-state index in [9.17, 15) is 4.79 Å². The summed E-state index contributed by atoms with van der Waals surface area (Å²) in [5.74, 6) is -0.357. The van der Waals surface area contributed by atoms with Crippen LogP contribution in [0.2, 0.25) is 0 Å². The van der Waals surface area contributed by atoms with E-state index in [1.54, 1.807) is 18.7 Å². The van der Waals surface area contributed by atoms with Crippen LogP contribution >= 0.6 is 0 Å². The Balaban J connectivity index is 2.35. The monoisotopic (exact) mass is 248 g/mol. The Morgan fingerprint density at radius 1 is 1.56 bits per heavy atom. The standard InChI is InChI=1S/C12H16N4O2/c1-7-5-16(6-10(7)12(17)18)11-9(4-13)8(2)14-15(11)3/h7,10H,5-6H2,1-3H3,(H,17,18)/t7-,10-/m1/s1. The molecule has 1 aliphatic heterocycles. The number of carboxylic acids is 1. The lowest BCUT2D eigenvalue weighted by atomic mass is 9.99. The van der Waals surface area contributed by atoms with E-state index in [0.29, 0.717) is 24.3 Å². The van der Waals surface area contributed by atoms with Gasteiger partial charge in [0.1, 0.15) is 17.5 Å². The van der Waals surface area contributed by atoms with Gasteiger partial charge in [0.15, 0.2) is 0 Å². The molecule has 1 aromatic heterocycles. The summed E-state index contributed by atoms with van der Waals surface area (Å²) in [4.78, 5) is 13.1. The van der Waals surface area contributed by atoms with E-state index < -0.39 is 5.97 Å². The Morgan fingerprint density at radius 2 is 2.22 bits per heavy atom. The Hall–Kier alpha value is -2.03. The van der Waals surface area contributed by atoms with Crippen LogP contribution in [0.3, 0.4) is 0 Å². The first-order valence-electron chi connectivity index (χ1n) is 5.87. The molecule has 1 aromatic rings. The Kier molecular flexibility index (Phi) is 2.99. The van der Waals surface area contributed by atoms with E-state index in [1.165, 1.54) is 0 Å². The Morgan fingerprint density at radius 3 is 2.72 bits per heavy atom. The lowest BCUT2D eigenvalue weighted by Gasteiger charge is -2.18. The maximum absolute atomic E-state index is 11.1. The predicted octanol–water partition coefficient (Wildman–Crippen LogP) is 0.757. The molecular formula is C12H16N4O2. The van der Waals surface area contributed by atoms with Crippen molar-refractivity contribution < 1.29 is 9.90 Å². The number of aliphatic carboxylic acids is 1. The molecule has 0 spiro atoms. The first kappa shape index (κ1) is 12.4. The zero-order chi connectivity index (χ0) is 13.4. The molecule has 0 radical (unpaired) electrons. The zero-order valence-corrected chi connectivity index (χ0v) is 10.7. The Bertz CT molecular complexity index is 529. The number of hydrogen-bond donors (Lipinski definition) is 1. The van der Waals surface area contributed by atoms with Gasteiger partial charge < -0.3 is 10.0 Å². The van der Waals surface area contributed by atoms with Gasteiger partial charge in [0.25, 0.3) is 0 Å². The lowest BCUT2D eigenvalue weighted by molar-refractivity contribution is -0.142. The van der Waals surface area contributed by atoms with Gasteiger partial charge in [0.05, 0.1) is 11.6 Å². The van der Waals surface area contributed by atoms with Crippen molar-refractivity contribution in [2.24, 2.45) is 18.9 Å². The van der Waals surface area contributed by atoms with E-state index in [2.05, 4.69) is 11.2 Å². The van der Waals surface area contributed by atoms with Crippen LogP contribution < -0.4 is 4.90 Å². The van der Waals surface area contributed by atoms with Crippen molar-refractivity contribution >= 4 is 11.8 Å². The fourth-order valence-electron chi connectivity index (χ4n) is 2.60. The minimum atomic E-state index is -0.776. The molecule has 1 fully saturated rings. The lowest BCUT2D eigenvalue weighted by Crippen LogP contribution is -2.25. The van der Waals surface area contributed by atoms with Crippen LogP contribution in [0, 0.1) is 30.1 Å². The average Bonchev–Trinajstić information content (AvgIpc) is 2.78. The molecule has 0 saturated carbocycles. The molecule has 6 heteroatoms. The highest BCUT2D eigenvalue weighted by Gasteiger charge is 2.37. The number of hydrogen-bond acceptors (Lipinski definition) is 4. The van der Waals surface area contributed by atoms with E-state index in [1.807, 2.05) is 11.8 Å². The second-order valence-corrected chi connectivity index (χ2v) is 4.85. The highest BCUT2D eigenvalue weighted by Crippen LogP contribution is 2.31. The molecule has 1 saturated heterocycles. The molecule has 18 heavy (non-hydrogen) atoms. The second-order valence-electron chi connectivity index (χ2n) is 4.85. The number of nitrogens with zero attached hydrogens (tertiary/aromatic N) is 4. The molecular weight excluding hydrogens is 232 g/mol. The molecule has 0 amide bonds. The van der Waals surface area contributed by atoms with E-state index in [4.69, 9.17) is 10.4 Å². The Labute approximate surface area is 105 Å². The number of aryl methyl sites for hydroxylation is 2. The van der Waals surface area contributed by atoms with Gasteiger partial charge in [-0.25, -0.2) is 0 Å². The zero-order valence-electron chi connectivity index (χ0n) is 10.7. The average molecular weight is 248 g/mol. The van der Waals surface area contributed by atoms with E-state index in [-0.39, 0.29) is 11.8 Å². The number of carboxylic acid groups (broad SMARTS) is 1. The van der Waals surface area contributed by atoms with Crippen molar-refractivity contribution in [1.82, 2.24) is 9.78 Å². The summed E-state index contributed by atoms with van der Waals surface area (Å²) in [5, 5.41) is 22.5. The molecule has 0 unspecified atom stereocenters. The second kappa shape index (κ2) is 4.33. The van der Waals surface area contributed by atoms with Gasteiger partial charge in [-0.15, -0.1) is 0 Å². The maximum atomic E-state index is 11.1. The van der Waals surface area contributed by atoms with Crippen LogP contribution in [0.4, 0.5) is 5.82 Å². The molecule has 96 valence electrons. The first-order chi connectivity index (χ1) is 8.45. The van der Waals surface area contributed by atoms with Crippen molar-refractivity contribution in [3.05, 3.63) is 11.3 Å². The van der Waals surface area contributed by atoms with Gasteiger partial charge >= 0.3 is 5.97 Å². The van der Waals surface area contributed by atoms with Crippen molar-refractivity contribution in [2.75, 3.05) is 18.0 Å². The highest BCUT2D eigenvalue weighted by atomic mass is 16.4. The van der Waals surface area contributed by atoms with E-state index >= 15 is 0 Å².